The van der Waals surface area contributed by atoms with Crippen LogP contribution < -0.4 is 9.64 Å². The fraction of sp³-hybridized carbons (Fsp3) is 0.500. The van der Waals surface area contributed by atoms with Gasteiger partial charge in [0.05, 0.1) is 17.0 Å². The number of alkyl halides is 2. The molecule has 6 nitrogen and oxygen atoms in total. The molecule has 1 aliphatic heterocycles. The fourth-order valence-corrected chi connectivity index (χ4v) is 4.39. The normalized spacial score (nSPS) is 18.1. The second-order valence-corrected chi connectivity index (χ2v) is 10.1. The highest BCUT2D eigenvalue weighted by Gasteiger charge is 2.37. The van der Waals surface area contributed by atoms with Crippen molar-refractivity contribution in [1.29, 1.82) is 0 Å². The minimum absolute atomic E-state index is 0.127. The van der Waals surface area contributed by atoms with Gasteiger partial charge in [-0.1, -0.05) is 0 Å². The first-order chi connectivity index (χ1) is 13.0. The zero-order chi connectivity index (χ0) is 20.7. The number of nitrogens with zero attached hydrogens (tertiary/aromatic N) is 3. The van der Waals surface area contributed by atoms with E-state index in [4.69, 9.17) is 0 Å². The Morgan fingerprint density at radius 2 is 1.96 bits per heavy atom. The summed E-state index contributed by atoms with van der Waals surface area (Å²) in [5, 5.41) is 3.98. The number of hydrogen-bond donors (Lipinski definition) is 0. The number of benzene rings is 1. The minimum atomic E-state index is -3.81. The Morgan fingerprint density at radius 3 is 2.61 bits per heavy atom. The van der Waals surface area contributed by atoms with Crippen molar-refractivity contribution in [3.05, 3.63) is 41.8 Å². The monoisotopic (exact) mass is 417 g/mol. The van der Waals surface area contributed by atoms with Crippen molar-refractivity contribution in [3.63, 3.8) is 0 Å². The molecular weight excluding hydrogens is 395 g/mol. The van der Waals surface area contributed by atoms with Crippen molar-refractivity contribution in [3.8, 4) is 5.75 Å². The summed E-state index contributed by atoms with van der Waals surface area (Å²) in [7, 11) is -3.81. The van der Waals surface area contributed by atoms with Gasteiger partial charge >= 0.3 is 6.61 Å². The molecule has 28 heavy (non-hydrogen) atoms. The smallest absolute Gasteiger partial charge is 0.387 e. The molecule has 0 spiro atoms. The van der Waals surface area contributed by atoms with E-state index < -0.39 is 33.2 Å². The third-order valence-electron chi connectivity index (χ3n) is 4.69. The molecule has 0 aliphatic carbocycles. The first-order valence-corrected chi connectivity index (χ1v) is 10.3. The highest BCUT2D eigenvalue weighted by Crippen LogP contribution is 2.41. The molecule has 1 atom stereocenters. The molecule has 0 unspecified atom stereocenters. The van der Waals surface area contributed by atoms with Gasteiger partial charge in [-0.2, -0.15) is 13.9 Å². The number of rotatable bonds is 5. The van der Waals surface area contributed by atoms with Gasteiger partial charge in [0.2, 0.25) is 0 Å². The first kappa shape index (κ1) is 20.5. The van der Waals surface area contributed by atoms with Gasteiger partial charge in [-0.15, -0.1) is 4.09 Å². The van der Waals surface area contributed by atoms with Gasteiger partial charge in [0.1, 0.15) is 17.4 Å². The molecule has 2 aromatic rings. The van der Waals surface area contributed by atoms with Gasteiger partial charge in [-0.25, -0.2) is 12.8 Å². The molecule has 0 radical (unpaired) electrons. The van der Waals surface area contributed by atoms with E-state index in [0.29, 0.717) is 25.2 Å². The van der Waals surface area contributed by atoms with E-state index >= 15 is 0 Å². The molecule has 0 amide bonds. The highest BCUT2D eigenvalue weighted by atomic mass is 32.2. The van der Waals surface area contributed by atoms with Crippen LogP contribution in [0.4, 0.5) is 19.0 Å². The van der Waals surface area contributed by atoms with E-state index in [1.54, 1.807) is 31.7 Å². The quantitative estimate of drug-likeness (QED) is 0.737. The van der Waals surface area contributed by atoms with Crippen LogP contribution in [0.15, 0.2) is 30.5 Å². The van der Waals surface area contributed by atoms with E-state index in [1.807, 2.05) is 0 Å². The predicted molar refractivity (Wildman–Crippen MR) is 98.7 cm³/mol. The van der Waals surface area contributed by atoms with Crippen LogP contribution >= 0.6 is 0 Å². The zero-order valence-electron chi connectivity index (χ0n) is 15.8. The van der Waals surface area contributed by atoms with Crippen molar-refractivity contribution >= 4 is 15.8 Å². The number of halogens is 3. The Balaban J connectivity index is 2.06. The zero-order valence-corrected chi connectivity index (χ0v) is 16.6. The van der Waals surface area contributed by atoms with Gasteiger partial charge in [0, 0.05) is 18.2 Å². The Hall–Kier alpha value is -2.23. The number of aromatic nitrogens is 2. The van der Waals surface area contributed by atoms with Crippen molar-refractivity contribution in [1.82, 2.24) is 9.19 Å². The molecule has 10 heteroatoms. The average Bonchev–Trinajstić information content (AvgIpc) is 3.23. The third kappa shape index (κ3) is 3.69. The van der Waals surface area contributed by atoms with E-state index in [9.17, 15) is 21.6 Å². The van der Waals surface area contributed by atoms with Gasteiger partial charge in [0.25, 0.3) is 10.0 Å². The summed E-state index contributed by atoms with van der Waals surface area (Å²) < 4.78 is 69.6. The maximum absolute atomic E-state index is 13.9. The lowest BCUT2D eigenvalue weighted by atomic mass is 10.0. The average molecular weight is 417 g/mol. The fourth-order valence-electron chi connectivity index (χ4n) is 3.28. The second kappa shape index (κ2) is 7.31. The Bertz CT molecular complexity index is 954. The molecule has 1 saturated heterocycles. The molecule has 1 fully saturated rings. The molecule has 0 bridgehead atoms. The Kier molecular flexibility index (Phi) is 5.35. The maximum atomic E-state index is 13.9. The largest absolute Gasteiger partial charge is 0.434 e. The van der Waals surface area contributed by atoms with E-state index in [1.165, 1.54) is 6.20 Å². The summed E-state index contributed by atoms with van der Waals surface area (Å²) in [6.07, 6.45) is 2.58. The minimum Gasteiger partial charge on any atom is -0.434 e. The van der Waals surface area contributed by atoms with Crippen LogP contribution in [0.25, 0.3) is 0 Å². The third-order valence-corrected chi connectivity index (χ3v) is 6.97. The summed E-state index contributed by atoms with van der Waals surface area (Å²) in [5.74, 6) is -0.401. The van der Waals surface area contributed by atoms with Crippen LogP contribution in [-0.4, -0.2) is 35.5 Å². The molecule has 1 aromatic heterocycles. The predicted octanol–water partition coefficient (Wildman–Crippen LogP) is 3.94. The van der Waals surface area contributed by atoms with Crippen molar-refractivity contribution in [2.75, 3.05) is 11.4 Å². The lowest BCUT2D eigenvalue weighted by Crippen LogP contribution is -2.37. The topological polar surface area (TPSA) is 64.4 Å². The Morgan fingerprint density at radius 1 is 1.25 bits per heavy atom. The molecule has 1 aliphatic rings. The van der Waals surface area contributed by atoms with Crippen molar-refractivity contribution < 1.29 is 26.3 Å². The molecule has 1 aromatic carbocycles. The molecule has 154 valence electrons. The second-order valence-electron chi connectivity index (χ2n) is 7.56. The lowest BCUT2D eigenvalue weighted by molar-refractivity contribution is -0.0506. The molecule has 2 heterocycles. The summed E-state index contributed by atoms with van der Waals surface area (Å²) in [6.45, 7) is 2.12. The van der Waals surface area contributed by atoms with Gasteiger partial charge in [0.15, 0.2) is 0 Å². The summed E-state index contributed by atoms with van der Waals surface area (Å²) in [6, 6.07) is 4.40. The van der Waals surface area contributed by atoms with E-state index in [2.05, 4.69) is 9.84 Å². The first-order valence-electron chi connectivity index (χ1n) is 8.82. The van der Waals surface area contributed by atoms with Crippen molar-refractivity contribution in [2.24, 2.45) is 0 Å². The summed E-state index contributed by atoms with van der Waals surface area (Å²) in [5.41, 5.74) is 0.249. The number of anilines is 1. The van der Waals surface area contributed by atoms with Crippen LogP contribution in [0.5, 0.6) is 5.75 Å². The van der Waals surface area contributed by atoms with Crippen LogP contribution in [-0.2, 0) is 10.0 Å². The van der Waals surface area contributed by atoms with E-state index in [-0.39, 0.29) is 11.3 Å². The summed E-state index contributed by atoms with van der Waals surface area (Å²) in [4.78, 5) is 1.74. The van der Waals surface area contributed by atoms with Gasteiger partial charge in [-0.3, -0.25) is 0 Å². The van der Waals surface area contributed by atoms with Gasteiger partial charge in [-0.05, 0) is 51.8 Å². The highest BCUT2D eigenvalue weighted by molar-refractivity contribution is 7.91. The lowest BCUT2D eigenvalue weighted by Gasteiger charge is -2.30. The maximum Gasteiger partial charge on any atom is 0.387 e. The number of hydrogen-bond acceptors (Lipinski definition) is 5. The van der Waals surface area contributed by atoms with E-state index in [0.717, 1.165) is 22.3 Å². The van der Waals surface area contributed by atoms with Gasteiger partial charge < -0.3 is 9.64 Å². The summed E-state index contributed by atoms with van der Waals surface area (Å²) >= 11 is 0. The molecular formula is C18H22F3N3O3S. The van der Waals surface area contributed by atoms with Crippen LogP contribution in [0.1, 0.15) is 45.2 Å². The molecule has 0 saturated carbocycles. The van der Waals surface area contributed by atoms with Crippen LogP contribution in [0, 0.1) is 5.82 Å². The molecule has 3 rings (SSSR count). The molecule has 0 N–H and O–H groups in total. The number of ether oxygens (including phenoxy) is 1. The standard InChI is InChI=1S/C18H22F3N3O3S/c1-18(2,3)28(25,26)24-16(8-9-22-24)23-10-4-5-14(23)13-11-12(19)6-7-15(13)27-17(20)21/h6-9,11,14,17H,4-5,10H2,1-3H3/t14-/m1/s1. The SMILES string of the molecule is CC(C)(C)S(=O)(=O)n1nccc1N1CCC[C@@H]1c1cc(F)ccc1OC(F)F. The van der Waals surface area contributed by atoms with Crippen LogP contribution in [0.3, 0.4) is 0 Å². The van der Waals surface area contributed by atoms with Crippen molar-refractivity contribution in [2.45, 2.75) is 51.0 Å². The van der Waals surface area contributed by atoms with Crippen LogP contribution in [0.2, 0.25) is 0 Å². The Labute approximate surface area is 162 Å².